The summed E-state index contributed by atoms with van der Waals surface area (Å²) in [5.74, 6) is 0.810. The minimum Gasteiger partial charge on any atom is -0.452 e. The van der Waals surface area contributed by atoms with Gasteiger partial charge in [-0.15, -0.1) is 0 Å². The molecule has 1 aromatic rings. The van der Waals surface area contributed by atoms with Crippen LogP contribution in [0.1, 0.15) is 24.8 Å². The molecule has 2 saturated carbocycles. The van der Waals surface area contributed by atoms with Crippen molar-refractivity contribution in [1.82, 2.24) is 0 Å². The third kappa shape index (κ3) is 0.938. The molecule has 2 nitrogen and oxygen atoms in total. The Hall–Kier alpha value is -0.580. The van der Waals surface area contributed by atoms with Crippen LogP contribution in [0, 0.1) is 11.8 Å². The van der Waals surface area contributed by atoms with E-state index >= 15 is 0 Å². The number of carbonyl (C=O) groups is 1. The minimum absolute atomic E-state index is 0.0247. The Labute approximate surface area is 114 Å². The van der Waals surface area contributed by atoms with E-state index in [1.165, 1.54) is 12.0 Å². The number of fused-ring (bicyclic) bond motifs is 1. The van der Waals surface area contributed by atoms with Gasteiger partial charge in [0.2, 0.25) is 0 Å². The fourth-order valence-corrected chi connectivity index (χ4v) is 5.87. The minimum atomic E-state index is -0.280. The highest BCUT2D eigenvalue weighted by Gasteiger charge is 2.83. The van der Waals surface area contributed by atoms with Crippen LogP contribution in [0.3, 0.4) is 0 Å². The summed E-state index contributed by atoms with van der Waals surface area (Å²) in [6.07, 6.45) is 3.49. The maximum absolute atomic E-state index is 12.1. The average molecular weight is 340 g/mol. The van der Waals surface area contributed by atoms with E-state index < -0.39 is 0 Å². The molecule has 4 aliphatic rings. The lowest BCUT2D eigenvalue weighted by Gasteiger charge is -2.58. The Kier molecular flexibility index (Phi) is 1.86. The second-order valence-electron chi connectivity index (χ2n) is 5.35. The molecule has 88 valence electrons. The quantitative estimate of drug-likeness (QED) is 0.446. The zero-order chi connectivity index (χ0) is 11.7. The number of alkyl halides is 1. The smallest absolute Gasteiger partial charge is 0.323 e. The van der Waals surface area contributed by atoms with Gasteiger partial charge in [0, 0.05) is 11.8 Å². The summed E-state index contributed by atoms with van der Waals surface area (Å²) in [5.41, 5.74) is 0.922. The lowest BCUT2D eigenvalue weighted by molar-refractivity contribution is -0.153. The van der Waals surface area contributed by atoms with Crippen molar-refractivity contribution in [3.63, 3.8) is 0 Å². The Morgan fingerprint density at radius 1 is 1.18 bits per heavy atom. The first-order valence-corrected chi connectivity index (χ1v) is 7.26. The van der Waals surface area contributed by atoms with Crippen molar-refractivity contribution < 1.29 is 9.53 Å². The molecule has 2 saturated heterocycles. The summed E-state index contributed by atoms with van der Waals surface area (Å²) < 4.78 is 5.62. The molecule has 2 aliphatic heterocycles. The van der Waals surface area contributed by atoms with Crippen molar-refractivity contribution in [3.05, 3.63) is 35.9 Å². The molecule has 2 heterocycles. The third-order valence-corrected chi connectivity index (χ3v) is 6.78. The highest BCUT2D eigenvalue weighted by atomic mass is 127. The molecule has 0 unspecified atom stereocenters. The summed E-state index contributed by atoms with van der Waals surface area (Å²) >= 11 is 2.36. The van der Waals surface area contributed by atoms with E-state index in [1.54, 1.807) is 0 Å². The summed E-state index contributed by atoms with van der Waals surface area (Å²) in [4.78, 5) is 12.1. The molecule has 4 fully saturated rings. The van der Waals surface area contributed by atoms with Crippen LogP contribution in [-0.4, -0.2) is 9.39 Å². The standard InChI is InChI=1S/C14H13IO2/c15-13-10-7-4-8-11(13)14(10,17-12(13)16)9-5-2-1-3-6-9/h1-3,5-6,10-11H,4,7-8H2/t10-,11-,13?,14?/m0/s1. The summed E-state index contributed by atoms with van der Waals surface area (Å²) in [6.45, 7) is 0. The van der Waals surface area contributed by atoms with Gasteiger partial charge in [0.1, 0.15) is 9.02 Å². The summed E-state index contributed by atoms with van der Waals surface area (Å²) in [5, 5.41) is 0. The summed E-state index contributed by atoms with van der Waals surface area (Å²) in [6, 6.07) is 10.3. The average Bonchev–Trinajstić information content (AvgIpc) is 2.77. The van der Waals surface area contributed by atoms with Gasteiger partial charge >= 0.3 is 5.97 Å². The Balaban J connectivity index is 1.89. The van der Waals surface area contributed by atoms with E-state index in [0.717, 1.165) is 12.8 Å². The SMILES string of the molecule is O=C1OC2(c3ccccc3)[C@H]3CCC[C@H]2C13I. The van der Waals surface area contributed by atoms with Crippen LogP contribution in [0.2, 0.25) is 0 Å². The molecule has 17 heavy (non-hydrogen) atoms. The number of benzene rings is 1. The second kappa shape index (κ2) is 3.05. The Bertz CT molecular complexity index is 484. The van der Waals surface area contributed by atoms with Crippen LogP contribution in [-0.2, 0) is 15.1 Å². The van der Waals surface area contributed by atoms with Gasteiger partial charge in [-0.25, -0.2) is 0 Å². The van der Waals surface area contributed by atoms with E-state index in [9.17, 15) is 4.79 Å². The topological polar surface area (TPSA) is 26.3 Å². The van der Waals surface area contributed by atoms with Gasteiger partial charge in [-0.3, -0.25) is 4.79 Å². The first kappa shape index (κ1) is 10.4. The Morgan fingerprint density at radius 2 is 1.82 bits per heavy atom. The van der Waals surface area contributed by atoms with Gasteiger partial charge in [0.25, 0.3) is 0 Å². The van der Waals surface area contributed by atoms with Crippen LogP contribution in [0.25, 0.3) is 0 Å². The van der Waals surface area contributed by atoms with Gasteiger partial charge in [0.15, 0.2) is 0 Å². The largest absolute Gasteiger partial charge is 0.452 e. The zero-order valence-electron chi connectivity index (χ0n) is 9.36. The van der Waals surface area contributed by atoms with Gasteiger partial charge in [-0.1, -0.05) is 59.3 Å². The molecule has 3 heteroatoms. The first-order chi connectivity index (χ1) is 8.20. The van der Waals surface area contributed by atoms with Crippen LogP contribution in [0.15, 0.2) is 30.3 Å². The number of carbonyl (C=O) groups excluding carboxylic acids is 1. The van der Waals surface area contributed by atoms with Crippen LogP contribution in [0.4, 0.5) is 0 Å². The van der Waals surface area contributed by atoms with E-state index in [0.29, 0.717) is 11.8 Å². The number of rotatable bonds is 1. The molecule has 0 radical (unpaired) electrons. The monoisotopic (exact) mass is 340 g/mol. The molecule has 0 amide bonds. The lowest BCUT2D eigenvalue weighted by Crippen LogP contribution is -2.65. The van der Waals surface area contributed by atoms with Gasteiger partial charge in [0.05, 0.1) is 0 Å². The van der Waals surface area contributed by atoms with Gasteiger partial charge < -0.3 is 4.74 Å². The van der Waals surface area contributed by atoms with Crippen LogP contribution in [0.5, 0.6) is 0 Å². The Morgan fingerprint density at radius 3 is 2.47 bits per heavy atom. The molecule has 1 aromatic carbocycles. The number of ether oxygens (including phenoxy) is 1. The maximum Gasteiger partial charge on any atom is 0.323 e. The fourth-order valence-electron chi connectivity index (χ4n) is 4.21. The van der Waals surface area contributed by atoms with E-state index in [1.807, 2.05) is 18.2 Å². The molecule has 0 aromatic heterocycles. The normalized spacial score (nSPS) is 46.3. The van der Waals surface area contributed by atoms with Crippen LogP contribution < -0.4 is 0 Å². The van der Waals surface area contributed by atoms with Crippen molar-refractivity contribution in [3.8, 4) is 0 Å². The van der Waals surface area contributed by atoms with Gasteiger partial charge in [-0.05, 0) is 18.4 Å². The van der Waals surface area contributed by atoms with E-state index in [2.05, 4.69) is 34.7 Å². The summed E-state index contributed by atoms with van der Waals surface area (Å²) in [7, 11) is 0. The molecule has 0 spiro atoms. The molecule has 4 bridgehead atoms. The van der Waals surface area contributed by atoms with Crippen LogP contribution >= 0.6 is 22.6 Å². The molecule has 5 rings (SSSR count). The molecular weight excluding hydrogens is 327 g/mol. The zero-order valence-corrected chi connectivity index (χ0v) is 11.5. The highest BCUT2D eigenvalue weighted by Crippen LogP contribution is 2.75. The predicted octanol–water partition coefficient (Wildman–Crippen LogP) is 3.04. The van der Waals surface area contributed by atoms with Crippen molar-refractivity contribution in [1.29, 1.82) is 0 Å². The lowest BCUT2D eigenvalue weighted by atomic mass is 9.48. The first-order valence-electron chi connectivity index (χ1n) is 6.18. The number of hydrogen-bond donors (Lipinski definition) is 0. The predicted molar refractivity (Wildman–Crippen MR) is 71.8 cm³/mol. The molecule has 0 N–H and O–H groups in total. The van der Waals surface area contributed by atoms with Gasteiger partial charge in [-0.2, -0.15) is 0 Å². The van der Waals surface area contributed by atoms with E-state index in [-0.39, 0.29) is 15.0 Å². The molecule has 2 atom stereocenters. The third-order valence-electron chi connectivity index (χ3n) is 4.83. The maximum atomic E-state index is 12.1. The molecular formula is C14H13IO2. The number of halogens is 1. The van der Waals surface area contributed by atoms with Crippen molar-refractivity contribution in [2.24, 2.45) is 11.8 Å². The number of hydrogen-bond acceptors (Lipinski definition) is 2. The van der Waals surface area contributed by atoms with Crippen molar-refractivity contribution in [2.45, 2.75) is 28.3 Å². The van der Waals surface area contributed by atoms with Crippen molar-refractivity contribution in [2.75, 3.05) is 0 Å². The van der Waals surface area contributed by atoms with E-state index in [4.69, 9.17) is 4.74 Å². The number of esters is 1. The fraction of sp³-hybridized carbons (Fsp3) is 0.500. The van der Waals surface area contributed by atoms with Crippen molar-refractivity contribution >= 4 is 28.6 Å². The second-order valence-corrected chi connectivity index (χ2v) is 7.14. The highest BCUT2D eigenvalue weighted by molar-refractivity contribution is 14.1. The molecule has 2 aliphatic carbocycles.